The van der Waals surface area contributed by atoms with Gasteiger partial charge >= 0.3 is 12.6 Å². The van der Waals surface area contributed by atoms with Crippen molar-refractivity contribution < 1.29 is 23.4 Å². The Morgan fingerprint density at radius 1 is 1.77 bits per heavy atom. The number of carboxylic acid groups (broad SMARTS) is 1. The molecule has 0 aliphatic carbocycles. The molecule has 0 aromatic carbocycles. The van der Waals surface area contributed by atoms with Gasteiger partial charge in [-0.3, -0.25) is 4.68 Å². The van der Waals surface area contributed by atoms with E-state index in [4.69, 9.17) is 5.11 Å². The summed E-state index contributed by atoms with van der Waals surface area (Å²) in [7, 11) is 1.32. The van der Waals surface area contributed by atoms with Crippen LogP contribution in [0.1, 0.15) is 10.5 Å². The fraction of sp³-hybridized carbons (Fsp3) is 0.333. The fourth-order valence-electron chi connectivity index (χ4n) is 0.790. The van der Waals surface area contributed by atoms with Gasteiger partial charge in [0, 0.05) is 13.1 Å². The second-order valence-corrected chi connectivity index (χ2v) is 2.18. The standard InChI is InChI=1S/C6H6F2N2O3/c1-10-3(5(11)12)2-4(9-10)13-6(7)8/h2,6H,1H3,(H,11,12). The van der Waals surface area contributed by atoms with E-state index in [9.17, 15) is 13.6 Å². The predicted molar refractivity (Wildman–Crippen MR) is 36.8 cm³/mol. The van der Waals surface area contributed by atoms with Gasteiger partial charge < -0.3 is 9.84 Å². The zero-order valence-electron chi connectivity index (χ0n) is 6.57. The number of alkyl halides is 2. The number of rotatable bonds is 3. The van der Waals surface area contributed by atoms with E-state index in [1.807, 2.05) is 0 Å². The van der Waals surface area contributed by atoms with Crippen molar-refractivity contribution in [3.05, 3.63) is 11.8 Å². The first-order valence-electron chi connectivity index (χ1n) is 3.23. The molecule has 1 aromatic rings. The minimum Gasteiger partial charge on any atom is -0.477 e. The lowest BCUT2D eigenvalue weighted by atomic mass is 10.4. The van der Waals surface area contributed by atoms with Crippen LogP contribution < -0.4 is 4.74 Å². The number of nitrogens with zero attached hydrogens (tertiary/aromatic N) is 2. The van der Waals surface area contributed by atoms with Crippen molar-refractivity contribution in [1.29, 1.82) is 0 Å². The van der Waals surface area contributed by atoms with Gasteiger partial charge in [0.1, 0.15) is 5.69 Å². The number of carboxylic acids is 1. The monoisotopic (exact) mass is 192 g/mol. The third-order valence-electron chi connectivity index (χ3n) is 1.29. The number of aromatic carboxylic acids is 1. The summed E-state index contributed by atoms with van der Waals surface area (Å²) in [5, 5.41) is 11.9. The van der Waals surface area contributed by atoms with Crippen molar-refractivity contribution in [1.82, 2.24) is 9.78 Å². The maximum absolute atomic E-state index is 11.6. The number of carbonyl (C=O) groups is 1. The zero-order valence-corrected chi connectivity index (χ0v) is 6.57. The smallest absolute Gasteiger partial charge is 0.388 e. The molecule has 1 rings (SSSR count). The van der Waals surface area contributed by atoms with E-state index in [1.165, 1.54) is 7.05 Å². The SMILES string of the molecule is Cn1nc(OC(F)F)cc1C(=O)O. The summed E-state index contributed by atoms with van der Waals surface area (Å²) >= 11 is 0. The van der Waals surface area contributed by atoms with Crippen LogP contribution in [-0.2, 0) is 7.05 Å². The molecule has 0 spiro atoms. The third kappa shape index (κ3) is 2.14. The van der Waals surface area contributed by atoms with Gasteiger partial charge in [0.05, 0.1) is 0 Å². The Bertz CT molecular complexity index is 324. The van der Waals surface area contributed by atoms with Gasteiger partial charge in [0.15, 0.2) is 0 Å². The average molecular weight is 192 g/mol. The van der Waals surface area contributed by atoms with Gasteiger partial charge in [-0.2, -0.15) is 8.78 Å². The quantitative estimate of drug-likeness (QED) is 0.766. The molecule has 5 nitrogen and oxygen atoms in total. The van der Waals surface area contributed by atoms with Crippen molar-refractivity contribution in [3.63, 3.8) is 0 Å². The molecule has 0 bridgehead atoms. The second kappa shape index (κ2) is 3.38. The predicted octanol–water partition coefficient (Wildman–Crippen LogP) is 0.720. The number of aromatic nitrogens is 2. The molecule has 0 saturated heterocycles. The molecule has 0 saturated carbocycles. The Balaban J connectivity index is 2.89. The van der Waals surface area contributed by atoms with Crippen LogP contribution in [0, 0.1) is 0 Å². The van der Waals surface area contributed by atoms with Crippen LogP contribution in [0.5, 0.6) is 5.88 Å². The van der Waals surface area contributed by atoms with E-state index in [-0.39, 0.29) is 5.69 Å². The first-order valence-corrected chi connectivity index (χ1v) is 3.23. The lowest BCUT2D eigenvalue weighted by molar-refractivity contribution is -0.0531. The molecule has 0 atom stereocenters. The van der Waals surface area contributed by atoms with Gasteiger partial charge in [-0.15, -0.1) is 5.10 Å². The summed E-state index contributed by atoms with van der Waals surface area (Å²) in [5.74, 6) is -1.66. The van der Waals surface area contributed by atoms with E-state index in [2.05, 4.69) is 9.84 Å². The van der Waals surface area contributed by atoms with Crippen molar-refractivity contribution in [2.75, 3.05) is 0 Å². The highest BCUT2D eigenvalue weighted by molar-refractivity contribution is 5.85. The largest absolute Gasteiger partial charge is 0.477 e. The summed E-state index contributed by atoms with van der Waals surface area (Å²) in [6.45, 7) is -3.00. The number of hydrogen-bond donors (Lipinski definition) is 1. The van der Waals surface area contributed by atoms with Gasteiger partial charge in [-0.05, 0) is 0 Å². The van der Waals surface area contributed by atoms with Gasteiger partial charge in [-0.1, -0.05) is 0 Å². The molecule has 0 unspecified atom stereocenters. The molecular formula is C6H6F2N2O3. The summed E-state index contributed by atoms with van der Waals surface area (Å²) in [4.78, 5) is 10.4. The Morgan fingerprint density at radius 2 is 2.38 bits per heavy atom. The third-order valence-corrected chi connectivity index (χ3v) is 1.29. The van der Waals surface area contributed by atoms with Gasteiger partial charge in [0.2, 0.25) is 5.88 Å². The van der Waals surface area contributed by atoms with E-state index in [0.717, 1.165) is 10.7 Å². The summed E-state index contributed by atoms with van der Waals surface area (Å²) < 4.78 is 28.1. The van der Waals surface area contributed by atoms with E-state index < -0.39 is 18.5 Å². The number of aryl methyl sites for hydroxylation is 1. The highest BCUT2D eigenvalue weighted by Crippen LogP contribution is 2.13. The van der Waals surface area contributed by atoms with Crippen LogP contribution >= 0.6 is 0 Å². The first-order chi connectivity index (χ1) is 6.00. The maximum atomic E-state index is 11.6. The molecule has 1 aromatic heterocycles. The number of ether oxygens (including phenoxy) is 1. The van der Waals surface area contributed by atoms with Crippen molar-refractivity contribution >= 4 is 5.97 Å². The van der Waals surface area contributed by atoms with Crippen LogP contribution in [0.25, 0.3) is 0 Å². The van der Waals surface area contributed by atoms with Crippen molar-refractivity contribution in [2.45, 2.75) is 6.61 Å². The topological polar surface area (TPSA) is 64.4 Å². The molecule has 7 heteroatoms. The van der Waals surface area contributed by atoms with Crippen LogP contribution in [-0.4, -0.2) is 27.5 Å². The van der Waals surface area contributed by atoms with Crippen molar-refractivity contribution in [3.8, 4) is 5.88 Å². The van der Waals surface area contributed by atoms with E-state index in [0.29, 0.717) is 0 Å². The maximum Gasteiger partial charge on any atom is 0.388 e. The molecular weight excluding hydrogens is 186 g/mol. The molecule has 1 N–H and O–H groups in total. The summed E-state index contributed by atoms with van der Waals surface area (Å²) in [5.41, 5.74) is -0.212. The van der Waals surface area contributed by atoms with Crippen LogP contribution in [0.4, 0.5) is 8.78 Å². The van der Waals surface area contributed by atoms with E-state index >= 15 is 0 Å². The molecule has 0 amide bonds. The number of halogens is 2. The lowest BCUT2D eigenvalue weighted by Gasteiger charge is -1.96. The first kappa shape index (κ1) is 9.43. The summed E-state index contributed by atoms with van der Waals surface area (Å²) in [6, 6.07) is 0.925. The van der Waals surface area contributed by atoms with Gasteiger partial charge in [-0.25, -0.2) is 4.79 Å². The van der Waals surface area contributed by atoms with Crippen molar-refractivity contribution in [2.24, 2.45) is 7.05 Å². The molecule has 0 fully saturated rings. The normalized spacial score (nSPS) is 10.5. The average Bonchev–Trinajstić information content (AvgIpc) is 2.29. The van der Waals surface area contributed by atoms with Crippen LogP contribution in [0.2, 0.25) is 0 Å². The van der Waals surface area contributed by atoms with Gasteiger partial charge in [0.25, 0.3) is 0 Å². The molecule has 72 valence electrons. The highest BCUT2D eigenvalue weighted by atomic mass is 19.3. The lowest BCUT2D eigenvalue weighted by Crippen LogP contribution is -2.05. The Kier molecular flexibility index (Phi) is 2.45. The van der Waals surface area contributed by atoms with Crippen LogP contribution in [0.15, 0.2) is 6.07 Å². The highest BCUT2D eigenvalue weighted by Gasteiger charge is 2.14. The minimum atomic E-state index is -3.00. The Labute approximate surface area is 71.5 Å². The molecule has 0 radical (unpaired) electrons. The van der Waals surface area contributed by atoms with E-state index in [1.54, 1.807) is 0 Å². The molecule has 1 heterocycles. The Morgan fingerprint density at radius 3 is 2.77 bits per heavy atom. The fourth-order valence-corrected chi connectivity index (χ4v) is 0.790. The molecule has 13 heavy (non-hydrogen) atoms. The summed E-state index contributed by atoms with van der Waals surface area (Å²) in [6.07, 6.45) is 0. The van der Waals surface area contributed by atoms with Crippen LogP contribution in [0.3, 0.4) is 0 Å². The zero-order chi connectivity index (χ0) is 10.0. The molecule has 0 aliphatic rings. The second-order valence-electron chi connectivity index (χ2n) is 2.18. The Hall–Kier alpha value is -1.66. The minimum absolute atomic E-state index is 0.212. The number of hydrogen-bond acceptors (Lipinski definition) is 3. The molecule has 0 aliphatic heterocycles.